The molecule has 0 saturated carbocycles. The lowest BCUT2D eigenvalue weighted by Crippen LogP contribution is -2.34. The van der Waals surface area contributed by atoms with E-state index in [0.717, 1.165) is 47.5 Å². The number of fused-ring (bicyclic) bond motifs is 1. The third kappa shape index (κ3) is 4.81. The van der Waals surface area contributed by atoms with Gasteiger partial charge in [-0.1, -0.05) is 24.3 Å². The van der Waals surface area contributed by atoms with Crippen LogP contribution in [0.5, 0.6) is 5.75 Å². The Morgan fingerprint density at radius 1 is 1.17 bits per heavy atom. The van der Waals surface area contributed by atoms with Gasteiger partial charge in [-0.05, 0) is 54.3 Å². The van der Waals surface area contributed by atoms with Gasteiger partial charge >= 0.3 is 6.03 Å². The summed E-state index contributed by atoms with van der Waals surface area (Å²) in [6.07, 6.45) is 4.89. The number of nitrogens with one attached hydrogen (secondary N) is 2. The topological polar surface area (TPSA) is 87.3 Å². The number of nitriles is 1. The van der Waals surface area contributed by atoms with Crippen LogP contribution in [-0.4, -0.2) is 6.03 Å². The minimum atomic E-state index is -0.236. The van der Waals surface area contributed by atoms with Gasteiger partial charge in [0, 0.05) is 17.7 Å². The van der Waals surface area contributed by atoms with Gasteiger partial charge in [0.25, 0.3) is 0 Å². The fourth-order valence-electron chi connectivity index (χ4n) is 3.66. The van der Waals surface area contributed by atoms with Crippen LogP contribution >= 0.6 is 0 Å². The molecule has 1 unspecified atom stereocenters. The fourth-order valence-corrected chi connectivity index (χ4v) is 3.66. The molecule has 1 aliphatic rings. The highest BCUT2D eigenvalue weighted by molar-refractivity contribution is 5.89. The fraction of sp³-hybridized carbons (Fsp3) is 0.250. The zero-order valence-electron chi connectivity index (χ0n) is 16.6. The molecule has 1 aliphatic carbocycles. The third-order valence-electron chi connectivity index (χ3n) is 5.15. The van der Waals surface area contributed by atoms with Crippen LogP contribution in [0, 0.1) is 11.3 Å². The summed E-state index contributed by atoms with van der Waals surface area (Å²) in [6, 6.07) is 18.9. The van der Waals surface area contributed by atoms with Crippen LogP contribution in [0.25, 0.3) is 0 Å². The molecule has 1 heterocycles. The molecular formula is C24H23N3O3. The molecule has 0 aliphatic heterocycles. The lowest BCUT2D eigenvalue weighted by atomic mass is 9.93. The van der Waals surface area contributed by atoms with Gasteiger partial charge in [0.15, 0.2) is 0 Å². The number of benzene rings is 2. The Balaban J connectivity index is 1.32. The van der Waals surface area contributed by atoms with Crippen molar-refractivity contribution < 1.29 is 13.9 Å². The molecule has 0 spiro atoms. The second-order valence-electron chi connectivity index (χ2n) is 7.31. The van der Waals surface area contributed by atoms with Crippen molar-refractivity contribution in [3.63, 3.8) is 0 Å². The Bertz CT molecular complexity index is 1050. The number of urea groups is 1. The zero-order valence-corrected chi connectivity index (χ0v) is 16.6. The first-order valence-electron chi connectivity index (χ1n) is 10.0. The molecule has 1 atom stereocenters. The van der Waals surface area contributed by atoms with Gasteiger partial charge in [-0.25, -0.2) is 4.79 Å². The molecule has 0 fully saturated rings. The highest BCUT2D eigenvalue weighted by Crippen LogP contribution is 2.30. The number of aryl methyl sites for hydroxylation is 1. The summed E-state index contributed by atoms with van der Waals surface area (Å²) in [5.74, 6) is 1.70. The van der Waals surface area contributed by atoms with Crippen LogP contribution in [0.4, 0.5) is 10.5 Å². The molecule has 2 amide bonds. The van der Waals surface area contributed by atoms with E-state index >= 15 is 0 Å². The molecule has 6 nitrogen and oxygen atoms in total. The Labute approximate surface area is 175 Å². The van der Waals surface area contributed by atoms with Crippen LogP contribution in [0.2, 0.25) is 0 Å². The van der Waals surface area contributed by atoms with Crippen LogP contribution in [0.15, 0.2) is 65.3 Å². The number of hydrogen-bond acceptors (Lipinski definition) is 4. The molecule has 2 aromatic carbocycles. The number of hydrogen-bond donors (Lipinski definition) is 2. The standard InChI is InChI=1S/C24H23N3O3/c25-13-11-17-7-9-20(10-8-17)30-16-18-3-1-4-19(15-18)26-24(28)27-22-5-2-6-23-21(22)12-14-29-23/h1,3-4,7-10,12,14-15,22H,2,5-6,11,16H2,(H2,26,27,28). The summed E-state index contributed by atoms with van der Waals surface area (Å²) >= 11 is 0. The monoisotopic (exact) mass is 401 g/mol. The molecule has 1 aromatic heterocycles. The summed E-state index contributed by atoms with van der Waals surface area (Å²) < 4.78 is 11.3. The van der Waals surface area contributed by atoms with E-state index < -0.39 is 0 Å². The summed E-state index contributed by atoms with van der Waals surface area (Å²) in [5, 5.41) is 14.7. The number of nitrogens with zero attached hydrogens (tertiary/aromatic N) is 1. The van der Waals surface area contributed by atoms with E-state index in [-0.39, 0.29) is 12.1 Å². The smallest absolute Gasteiger partial charge is 0.319 e. The first-order valence-corrected chi connectivity index (χ1v) is 10.0. The molecular weight excluding hydrogens is 378 g/mol. The second-order valence-corrected chi connectivity index (χ2v) is 7.31. The molecule has 3 aromatic rings. The largest absolute Gasteiger partial charge is 0.489 e. The maximum absolute atomic E-state index is 12.5. The Morgan fingerprint density at radius 2 is 2.03 bits per heavy atom. The van der Waals surface area contributed by atoms with Gasteiger partial charge in [-0.2, -0.15) is 5.26 Å². The van der Waals surface area contributed by atoms with Crippen molar-refractivity contribution in [2.45, 2.75) is 38.3 Å². The minimum Gasteiger partial charge on any atom is -0.489 e. The number of ether oxygens (including phenoxy) is 1. The average molecular weight is 401 g/mol. The van der Waals surface area contributed by atoms with E-state index in [2.05, 4.69) is 16.7 Å². The first kappa shape index (κ1) is 19.6. The van der Waals surface area contributed by atoms with Gasteiger partial charge < -0.3 is 19.8 Å². The summed E-state index contributed by atoms with van der Waals surface area (Å²) in [6.45, 7) is 0.385. The Kier molecular flexibility index (Phi) is 6.00. The van der Waals surface area contributed by atoms with Crippen molar-refractivity contribution in [1.29, 1.82) is 5.26 Å². The maximum Gasteiger partial charge on any atom is 0.319 e. The van der Waals surface area contributed by atoms with Crippen molar-refractivity contribution >= 4 is 11.7 Å². The minimum absolute atomic E-state index is 0.0250. The third-order valence-corrected chi connectivity index (χ3v) is 5.15. The van der Waals surface area contributed by atoms with Crippen LogP contribution < -0.4 is 15.4 Å². The van der Waals surface area contributed by atoms with Crippen molar-refractivity contribution in [3.05, 3.63) is 83.3 Å². The maximum atomic E-state index is 12.5. The molecule has 30 heavy (non-hydrogen) atoms. The number of carbonyl (C=O) groups is 1. The van der Waals surface area contributed by atoms with E-state index in [1.54, 1.807) is 6.26 Å². The average Bonchev–Trinajstić information content (AvgIpc) is 3.24. The Hall–Kier alpha value is -3.72. The highest BCUT2D eigenvalue weighted by atomic mass is 16.5. The summed E-state index contributed by atoms with van der Waals surface area (Å²) in [4.78, 5) is 12.5. The molecule has 2 N–H and O–H groups in total. The lowest BCUT2D eigenvalue weighted by Gasteiger charge is -2.23. The molecule has 4 rings (SSSR count). The van der Waals surface area contributed by atoms with Crippen molar-refractivity contribution in [2.75, 3.05) is 5.32 Å². The first-order chi connectivity index (χ1) is 14.7. The van der Waals surface area contributed by atoms with Gasteiger partial charge in [0.2, 0.25) is 0 Å². The Morgan fingerprint density at radius 3 is 2.87 bits per heavy atom. The number of carbonyl (C=O) groups excluding carboxylic acids is 1. The quantitative estimate of drug-likeness (QED) is 0.600. The molecule has 6 heteroatoms. The summed E-state index contributed by atoms with van der Waals surface area (Å²) in [7, 11) is 0. The van der Waals surface area contributed by atoms with Gasteiger partial charge in [0.1, 0.15) is 18.1 Å². The van der Waals surface area contributed by atoms with Crippen molar-refractivity contribution in [2.24, 2.45) is 0 Å². The zero-order chi connectivity index (χ0) is 20.8. The van der Waals surface area contributed by atoms with E-state index in [1.165, 1.54) is 0 Å². The summed E-state index contributed by atoms with van der Waals surface area (Å²) in [5.41, 5.74) is 3.69. The van der Waals surface area contributed by atoms with Gasteiger partial charge in [-0.3, -0.25) is 0 Å². The predicted octanol–water partition coefficient (Wildman–Crippen LogP) is 5.12. The van der Waals surface area contributed by atoms with Crippen molar-refractivity contribution in [1.82, 2.24) is 5.32 Å². The predicted molar refractivity (Wildman–Crippen MR) is 113 cm³/mol. The van der Waals surface area contributed by atoms with E-state index in [9.17, 15) is 4.79 Å². The molecule has 152 valence electrons. The number of amides is 2. The van der Waals surface area contributed by atoms with Gasteiger partial charge in [0.05, 0.1) is 24.8 Å². The second kappa shape index (κ2) is 9.19. The van der Waals surface area contributed by atoms with E-state index in [4.69, 9.17) is 14.4 Å². The van der Waals surface area contributed by atoms with E-state index in [0.29, 0.717) is 18.7 Å². The highest BCUT2D eigenvalue weighted by Gasteiger charge is 2.24. The number of rotatable bonds is 6. The molecule has 0 bridgehead atoms. The normalized spacial score (nSPS) is 15.0. The van der Waals surface area contributed by atoms with Crippen LogP contribution in [0.3, 0.4) is 0 Å². The number of furan rings is 1. The number of anilines is 1. The lowest BCUT2D eigenvalue weighted by molar-refractivity contribution is 0.246. The SMILES string of the molecule is N#CCc1ccc(OCc2cccc(NC(=O)NC3CCCc4occc43)c2)cc1. The van der Waals surface area contributed by atoms with Crippen LogP contribution in [-0.2, 0) is 19.4 Å². The van der Waals surface area contributed by atoms with Gasteiger partial charge in [-0.15, -0.1) is 0 Å². The molecule has 0 radical (unpaired) electrons. The molecule has 0 saturated heterocycles. The van der Waals surface area contributed by atoms with Crippen LogP contribution in [0.1, 0.15) is 41.3 Å². The van der Waals surface area contributed by atoms with E-state index in [1.807, 2.05) is 54.6 Å². The van der Waals surface area contributed by atoms with Crippen molar-refractivity contribution in [3.8, 4) is 11.8 Å².